The van der Waals surface area contributed by atoms with Gasteiger partial charge in [0.25, 0.3) is 0 Å². The number of hydrogen-bond donors (Lipinski definition) is 2. The third-order valence-electron chi connectivity index (χ3n) is 2.28. The van der Waals surface area contributed by atoms with E-state index >= 15 is 0 Å². The van der Waals surface area contributed by atoms with Gasteiger partial charge in [-0.2, -0.15) is 0 Å². The summed E-state index contributed by atoms with van der Waals surface area (Å²) in [6.45, 7) is 4.69. The van der Waals surface area contributed by atoms with E-state index in [2.05, 4.69) is 21.2 Å². The largest absolute Gasteiger partial charge is 0.389 e. The van der Waals surface area contributed by atoms with Gasteiger partial charge in [-0.25, -0.2) is 8.78 Å². The Morgan fingerprint density at radius 2 is 1.84 bits per heavy atom. The summed E-state index contributed by atoms with van der Waals surface area (Å²) in [5.41, 5.74) is -0.244. The molecular weight excluding hydrogens is 320 g/mol. The van der Waals surface area contributed by atoms with Crippen LogP contribution in [0.5, 0.6) is 0 Å². The average molecular weight is 338 g/mol. The number of hydrogen-bond acceptors (Lipinski definition) is 3. The van der Waals surface area contributed by atoms with Gasteiger partial charge in [-0.05, 0) is 18.1 Å². The second-order valence-electron chi connectivity index (χ2n) is 4.71. The van der Waals surface area contributed by atoms with E-state index in [1.54, 1.807) is 0 Å². The zero-order chi connectivity index (χ0) is 14.4. The molecule has 0 aromatic heterocycles. The van der Waals surface area contributed by atoms with Gasteiger partial charge in [0, 0.05) is 17.6 Å². The molecule has 0 fully saturated rings. The number of anilines is 1. The van der Waals surface area contributed by atoms with Crippen LogP contribution in [0.3, 0.4) is 0 Å². The van der Waals surface area contributed by atoms with Crippen LogP contribution in [0.15, 0.2) is 16.6 Å². The number of nitrogens with one attached hydrogen (secondary N) is 1. The van der Waals surface area contributed by atoms with E-state index in [0.717, 1.165) is 12.1 Å². The molecule has 0 aliphatic heterocycles. The smallest absolute Gasteiger partial charge is 0.150 e. The molecule has 3 nitrogen and oxygen atoms in total. The SMILES string of the molecule is CC(C)COCC(O)CNc1c(F)cc(Br)cc1F. The molecule has 1 aromatic carbocycles. The van der Waals surface area contributed by atoms with Crippen molar-refractivity contribution in [1.82, 2.24) is 0 Å². The third kappa shape index (κ3) is 5.84. The van der Waals surface area contributed by atoms with Gasteiger partial charge in [-0.1, -0.05) is 29.8 Å². The summed E-state index contributed by atoms with van der Waals surface area (Å²) in [7, 11) is 0. The van der Waals surface area contributed by atoms with Crippen molar-refractivity contribution in [3.63, 3.8) is 0 Å². The Morgan fingerprint density at radius 1 is 1.26 bits per heavy atom. The predicted molar refractivity (Wildman–Crippen MR) is 74.2 cm³/mol. The molecule has 0 spiro atoms. The number of ether oxygens (including phenoxy) is 1. The minimum absolute atomic E-state index is 0.0214. The van der Waals surface area contributed by atoms with Crippen molar-refractivity contribution < 1.29 is 18.6 Å². The molecule has 0 aliphatic carbocycles. The van der Waals surface area contributed by atoms with E-state index in [4.69, 9.17) is 4.74 Å². The zero-order valence-electron chi connectivity index (χ0n) is 10.9. The maximum atomic E-state index is 13.5. The Hall–Kier alpha value is -0.720. The fourth-order valence-electron chi connectivity index (χ4n) is 1.43. The lowest BCUT2D eigenvalue weighted by Gasteiger charge is -2.15. The first-order valence-electron chi connectivity index (χ1n) is 6.04. The van der Waals surface area contributed by atoms with E-state index in [-0.39, 0.29) is 18.8 Å². The van der Waals surface area contributed by atoms with Gasteiger partial charge in [0.2, 0.25) is 0 Å². The lowest BCUT2D eigenvalue weighted by Crippen LogP contribution is -2.26. The number of rotatable bonds is 7. The summed E-state index contributed by atoms with van der Waals surface area (Å²) in [5, 5.41) is 12.2. The Morgan fingerprint density at radius 3 is 2.37 bits per heavy atom. The first kappa shape index (κ1) is 16.3. The van der Waals surface area contributed by atoms with E-state index in [9.17, 15) is 13.9 Å². The maximum absolute atomic E-state index is 13.5. The molecule has 1 rings (SSSR count). The van der Waals surface area contributed by atoms with Crippen molar-refractivity contribution in [3.05, 3.63) is 28.2 Å². The Bertz CT molecular complexity index is 393. The molecule has 0 radical (unpaired) electrons. The predicted octanol–water partition coefficient (Wildman–Crippen LogP) is 3.17. The van der Waals surface area contributed by atoms with Crippen molar-refractivity contribution in [2.75, 3.05) is 25.1 Å². The van der Waals surface area contributed by atoms with Gasteiger partial charge in [-0.3, -0.25) is 0 Å². The molecule has 0 saturated carbocycles. The van der Waals surface area contributed by atoms with E-state index in [1.165, 1.54) is 0 Å². The molecule has 1 unspecified atom stereocenters. The molecule has 0 amide bonds. The summed E-state index contributed by atoms with van der Waals surface area (Å²) in [6.07, 6.45) is -0.818. The van der Waals surface area contributed by atoms with Crippen LogP contribution < -0.4 is 5.32 Å². The molecule has 1 atom stereocenters. The van der Waals surface area contributed by atoms with Gasteiger partial charge in [0.15, 0.2) is 0 Å². The number of benzene rings is 1. The quantitative estimate of drug-likeness (QED) is 0.802. The second-order valence-corrected chi connectivity index (χ2v) is 5.63. The van der Waals surface area contributed by atoms with Gasteiger partial charge >= 0.3 is 0 Å². The van der Waals surface area contributed by atoms with Gasteiger partial charge < -0.3 is 15.2 Å². The Kier molecular flexibility index (Phi) is 6.68. The summed E-state index contributed by atoms with van der Waals surface area (Å²) in [6, 6.07) is 2.32. The number of aliphatic hydroxyl groups excluding tert-OH is 1. The Balaban J connectivity index is 2.44. The van der Waals surface area contributed by atoms with Crippen LogP contribution >= 0.6 is 15.9 Å². The standard InChI is InChI=1S/C13H18BrF2NO2/c1-8(2)6-19-7-10(18)5-17-13-11(15)3-9(14)4-12(13)16/h3-4,8,10,17-18H,5-7H2,1-2H3. The highest BCUT2D eigenvalue weighted by atomic mass is 79.9. The fourth-order valence-corrected chi connectivity index (χ4v) is 1.83. The molecule has 0 heterocycles. The summed E-state index contributed by atoms with van der Waals surface area (Å²) >= 11 is 3.00. The first-order valence-corrected chi connectivity index (χ1v) is 6.83. The van der Waals surface area contributed by atoms with Gasteiger partial charge in [-0.15, -0.1) is 0 Å². The van der Waals surface area contributed by atoms with Gasteiger partial charge in [0.05, 0.1) is 12.7 Å². The Labute approximate surface area is 120 Å². The fraction of sp³-hybridized carbons (Fsp3) is 0.538. The maximum Gasteiger partial charge on any atom is 0.150 e. The highest BCUT2D eigenvalue weighted by Crippen LogP contribution is 2.23. The van der Waals surface area contributed by atoms with E-state index in [0.29, 0.717) is 17.0 Å². The molecule has 6 heteroatoms. The van der Waals surface area contributed by atoms with Gasteiger partial charge in [0.1, 0.15) is 17.3 Å². The van der Waals surface area contributed by atoms with Crippen molar-refractivity contribution >= 4 is 21.6 Å². The molecule has 0 aliphatic rings. The van der Waals surface area contributed by atoms with E-state index < -0.39 is 17.7 Å². The van der Waals surface area contributed by atoms with Crippen LogP contribution in [-0.4, -0.2) is 31.0 Å². The molecule has 0 saturated heterocycles. The number of halogens is 3. The van der Waals surface area contributed by atoms with Crippen LogP contribution in [0, 0.1) is 17.6 Å². The van der Waals surface area contributed by atoms with Crippen LogP contribution in [0.4, 0.5) is 14.5 Å². The first-order chi connectivity index (χ1) is 8.90. The normalized spacial score (nSPS) is 12.8. The lowest BCUT2D eigenvalue weighted by molar-refractivity contribution is 0.0317. The van der Waals surface area contributed by atoms with Crippen LogP contribution in [-0.2, 0) is 4.74 Å². The number of aliphatic hydroxyl groups is 1. The minimum Gasteiger partial charge on any atom is -0.389 e. The van der Waals surface area contributed by atoms with Crippen molar-refractivity contribution in [2.24, 2.45) is 5.92 Å². The van der Waals surface area contributed by atoms with Crippen molar-refractivity contribution in [1.29, 1.82) is 0 Å². The van der Waals surface area contributed by atoms with Crippen LogP contribution in [0.1, 0.15) is 13.8 Å². The van der Waals surface area contributed by atoms with Crippen molar-refractivity contribution in [3.8, 4) is 0 Å². The molecule has 108 valence electrons. The molecule has 2 N–H and O–H groups in total. The van der Waals surface area contributed by atoms with Crippen molar-refractivity contribution in [2.45, 2.75) is 20.0 Å². The van der Waals surface area contributed by atoms with E-state index in [1.807, 2.05) is 13.8 Å². The summed E-state index contributed by atoms with van der Waals surface area (Å²) in [5.74, 6) is -1.04. The summed E-state index contributed by atoms with van der Waals surface area (Å²) in [4.78, 5) is 0. The van der Waals surface area contributed by atoms with Crippen LogP contribution in [0.25, 0.3) is 0 Å². The summed E-state index contributed by atoms with van der Waals surface area (Å²) < 4.78 is 32.5. The zero-order valence-corrected chi connectivity index (χ0v) is 12.5. The topological polar surface area (TPSA) is 41.5 Å². The lowest BCUT2D eigenvalue weighted by atomic mass is 10.2. The average Bonchev–Trinajstić information content (AvgIpc) is 2.26. The highest BCUT2D eigenvalue weighted by Gasteiger charge is 2.12. The second kappa shape index (κ2) is 7.77. The third-order valence-corrected chi connectivity index (χ3v) is 2.74. The minimum atomic E-state index is -0.818. The molecule has 19 heavy (non-hydrogen) atoms. The molecular formula is C13H18BrF2NO2. The molecule has 1 aromatic rings. The van der Waals surface area contributed by atoms with Crippen LogP contribution in [0.2, 0.25) is 0 Å². The molecule has 0 bridgehead atoms. The monoisotopic (exact) mass is 337 g/mol. The highest BCUT2D eigenvalue weighted by molar-refractivity contribution is 9.10.